The highest BCUT2D eigenvalue weighted by Gasteiger charge is 2.43. The van der Waals surface area contributed by atoms with E-state index in [-0.39, 0.29) is 36.7 Å². The summed E-state index contributed by atoms with van der Waals surface area (Å²) in [6.07, 6.45) is 2.41. The Kier molecular flexibility index (Phi) is 5.83. The van der Waals surface area contributed by atoms with Gasteiger partial charge in [-0.25, -0.2) is 13.6 Å². The number of nitrogens with zero attached hydrogens (tertiary/aromatic N) is 3. The number of hydrogen-bond donors (Lipinski definition) is 2. The van der Waals surface area contributed by atoms with Crippen LogP contribution in [0.15, 0.2) is 30.5 Å². The molecule has 0 saturated carbocycles. The smallest absolute Gasteiger partial charge is 0.335 e. The third kappa shape index (κ3) is 3.87. The van der Waals surface area contributed by atoms with Crippen molar-refractivity contribution in [1.82, 2.24) is 14.8 Å². The maximum Gasteiger partial charge on any atom is 0.335 e. The number of aliphatic carboxylic acids is 1. The summed E-state index contributed by atoms with van der Waals surface area (Å²) in [6.45, 7) is 7.16. The molecule has 1 aliphatic heterocycles. The van der Waals surface area contributed by atoms with Gasteiger partial charge < -0.3 is 14.4 Å². The molecule has 4 aromatic rings. The molecule has 0 aliphatic carbocycles. The van der Waals surface area contributed by atoms with Crippen LogP contribution in [0.3, 0.4) is 0 Å². The van der Waals surface area contributed by atoms with Crippen molar-refractivity contribution in [2.24, 2.45) is 0 Å². The molecule has 5 rings (SSSR count). The molecule has 37 heavy (non-hydrogen) atoms. The zero-order chi connectivity index (χ0) is 26.7. The summed E-state index contributed by atoms with van der Waals surface area (Å²) in [6, 6.07) is 8.84. The maximum absolute atomic E-state index is 16.3. The Morgan fingerprint density at radius 3 is 2.76 bits per heavy atom. The summed E-state index contributed by atoms with van der Waals surface area (Å²) in [5.74, 6) is -2.18. The predicted molar refractivity (Wildman–Crippen MR) is 135 cm³/mol. The molecular weight excluding hydrogens is 478 g/mol. The molecule has 1 fully saturated rings. The van der Waals surface area contributed by atoms with Crippen molar-refractivity contribution < 1.29 is 23.4 Å². The first kappa shape index (κ1) is 24.9. The van der Waals surface area contributed by atoms with Crippen molar-refractivity contribution in [3.63, 3.8) is 0 Å². The second-order valence-corrected chi connectivity index (χ2v) is 10.8. The molecule has 3 heterocycles. The standard InChI is InChI=1S/C28H28F2N4O3/c1-15-11-18(5-6-19(15)29)34-20-12-17-13-32-33-24(17)23(30)22(20)21(25(34)27(2,3)9-10-31)16-7-8-28(4,26(35)36)37-14-16/h5-6,11-13,16H,7-9,14H2,1-4H3,(H,32,33)(H,35,36)/t16-,28+/m0/s1. The van der Waals surface area contributed by atoms with Gasteiger partial charge in [0.1, 0.15) is 11.3 Å². The number of carbonyl (C=O) groups is 1. The molecule has 0 unspecified atom stereocenters. The van der Waals surface area contributed by atoms with Gasteiger partial charge in [-0.2, -0.15) is 10.4 Å². The number of rotatable bonds is 5. The van der Waals surface area contributed by atoms with Gasteiger partial charge >= 0.3 is 5.97 Å². The Morgan fingerprint density at radius 1 is 1.38 bits per heavy atom. The average Bonchev–Trinajstić information content (AvgIpc) is 3.45. The number of carboxylic acids is 1. The van der Waals surface area contributed by atoms with E-state index < -0.39 is 22.8 Å². The van der Waals surface area contributed by atoms with Crippen molar-refractivity contribution in [2.45, 2.75) is 63.9 Å². The zero-order valence-electron chi connectivity index (χ0n) is 21.2. The number of aromatic amines is 1. The Bertz CT molecular complexity index is 1590. The van der Waals surface area contributed by atoms with Crippen LogP contribution in [0, 0.1) is 29.9 Å². The van der Waals surface area contributed by atoms with Crippen LogP contribution in [0.5, 0.6) is 0 Å². The van der Waals surface area contributed by atoms with Gasteiger partial charge in [-0.15, -0.1) is 0 Å². The number of nitrogens with one attached hydrogen (secondary N) is 1. The lowest BCUT2D eigenvalue weighted by molar-refractivity contribution is -0.170. The fraction of sp³-hybridized carbons (Fsp3) is 0.393. The number of hydrogen-bond acceptors (Lipinski definition) is 4. The number of ether oxygens (including phenoxy) is 1. The Morgan fingerprint density at radius 2 is 2.14 bits per heavy atom. The summed E-state index contributed by atoms with van der Waals surface area (Å²) in [5.41, 5.74) is 1.27. The SMILES string of the molecule is Cc1cc(-n2c(C(C)(C)CC#N)c([C@H]3CC[C@](C)(C(=O)O)OC3)c3c(F)c4[nH]ncc4cc32)ccc1F. The topological polar surface area (TPSA) is 104 Å². The summed E-state index contributed by atoms with van der Waals surface area (Å²) in [7, 11) is 0. The van der Waals surface area contributed by atoms with Gasteiger partial charge in [0, 0.05) is 39.9 Å². The lowest BCUT2D eigenvalue weighted by Crippen LogP contribution is -2.43. The van der Waals surface area contributed by atoms with E-state index in [1.807, 2.05) is 24.5 Å². The molecule has 2 aromatic carbocycles. The number of aryl methyl sites for hydroxylation is 1. The van der Waals surface area contributed by atoms with Crippen LogP contribution in [-0.4, -0.2) is 38.0 Å². The van der Waals surface area contributed by atoms with Crippen LogP contribution in [0.2, 0.25) is 0 Å². The first-order valence-electron chi connectivity index (χ1n) is 12.2. The third-order valence-electron chi connectivity index (χ3n) is 7.64. The van der Waals surface area contributed by atoms with Crippen LogP contribution in [0.1, 0.15) is 62.8 Å². The Labute approximate surface area is 212 Å². The largest absolute Gasteiger partial charge is 0.479 e. The molecule has 9 heteroatoms. The molecule has 192 valence electrons. The van der Waals surface area contributed by atoms with E-state index in [1.165, 1.54) is 6.07 Å². The molecule has 2 aromatic heterocycles. The van der Waals surface area contributed by atoms with Crippen molar-refractivity contribution >= 4 is 27.8 Å². The number of benzene rings is 2. The number of aromatic nitrogens is 3. The van der Waals surface area contributed by atoms with E-state index in [4.69, 9.17) is 4.74 Å². The van der Waals surface area contributed by atoms with Gasteiger partial charge in [-0.3, -0.25) is 5.10 Å². The fourth-order valence-electron chi connectivity index (χ4n) is 5.50. The second-order valence-electron chi connectivity index (χ2n) is 10.8. The van der Waals surface area contributed by atoms with Crippen LogP contribution in [0.25, 0.3) is 27.5 Å². The van der Waals surface area contributed by atoms with Gasteiger partial charge in [-0.1, -0.05) is 13.8 Å². The molecule has 7 nitrogen and oxygen atoms in total. The molecule has 2 N–H and O–H groups in total. The number of carboxylic acid groups (broad SMARTS) is 1. The van der Waals surface area contributed by atoms with E-state index in [1.54, 1.807) is 32.2 Å². The minimum absolute atomic E-state index is 0.0838. The monoisotopic (exact) mass is 506 g/mol. The van der Waals surface area contributed by atoms with Gasteiger partial charge in [-0.05, 0) is 62.1 Å². The zero-order valence-corrected chi connectivity index (χ0v) is 21.2. The van der Waals surface area contributed by atoms with Gasteiger partial charge in [0.15, 0.2) is 11.4 Å². The highest BCUT2D eigenvalue weighted by Crippen LogP contribution is 2.47. The summed E-state index contributed by atoms with van der Waals surface area (Å²) < 4.78 is 38.3. The lowest BCUT2D eigenvalue weighted by Gasteiger charge is -2.36. The van der Waals surface area contributed by atoms with Crippen molar-refractivity contribution in [3.05, 3.63) is 58.9 Å². The van der Waals surface area contributed by atoms with Crippen molar-refractivity contribution in [1.29, 1.82) is 5.26 Å². The molecule has 0 amide bonds. The predicted octanol–water partition coefficient (Wildman–Crippen LogP) is 6.02. The molecule has 1 aliphatic rings. The first-order chi connectivity index (χ1) is 17.5. The Balaban J connectivity index is 1.88. The first-order valence-corrected chi connectivity index (χ1v) is 12.2. The number of fused-ring (bicyclic) bond motifs is 2. The van der Waals surface area contributed by atoms with Crippen LogP contribution >= 0.6 is 0 Å². The van der Waals surface area contributed by atoms with Crippen LogP contribution in [0.4, 0.5) is 8.78 Å². The fourth-order valence-corrected chi connectivity index (χ4v) is 5.50. The normalized spacial score (nSPS) is 20.4. The molecular formula is C28H28F2N4O3. The van der Waals surface area contributed by atoms with Crippen LogP contribution in [-0.2, 0) is 14.9 Å². The summed E-state index contributed by atoms with van der Waals surface area (Å²) >= 11 is 0. The van der Waals surface area contributed by atoms with Gasteiger partial charge in [0.05, 0.1) is 24.4 Å². The van der Waals surface area contributed by atoms with Crippen molar-refractivity contribution in [2.75, 3.05) is 6.61 Å². The summed E-state index contributed by atoms with van der Waals surface area (Å²) in [4.78, 5) is 11.8. The van der Waals surface area contributed by atoms with Gasteiger partial charge in [0.2, 0.25) is 0 Å². The van der Waals surface area contributed by atoms with Gasteiger partial charge in [0.25, 0.3) is 0 Å². The van der Waals surface area contributed by atoms with E-state index in [2.05, 4.69) is 16.3 Å². The number of H-pyrrole nitrogens is 1. The molecule has 2 atom stereocenters. The molecule has 1 saturated heterocycles. The van der Waals surface area contributed by atoms with E-state index in [0.29, 0.717) is 39.5 Å². The molecule has 0 radical (unpaired) electrons. The quantitative estimate of drug-likeness (QED) is 0.344. The highest BCUT2D eigenvalue weighted by atomic mass is 19.1. The van der Waals surface area contributed by atoms with E-state index in [0.717, 1.165) is 5.69 Å². The van der Waals surface area contributed by atoms with E-state index in [9.17, 15) is 19.6 Å². The van der Waals surface area contributed by atoms with E-state index >= 15 is 4.39 Å². The molecule has 0 spiro atoms. The summed E-state index contributed by atoms with van der Waals surface area (Å²) in [5, 5.41) is 27.1. The minimum Gasteiger partial charge on any atom is -0.479 e. The maximum atomic E-state index is 16.3. The third-order valence-corrected chi connectivity index (χ3v) is 7.64. The second kappa shape index (κ2) is 8.67. The minimum atomic E-state index is -1.32. The molecule has 0 bridgehead atoms. The average molecular weight is 507 g/mol. The Hall–Kier alpha value is -3.77. The number of halogens is 2. The van der Waals surface area contributed by atoms with Crippen molar-refractivity contribution in [3.8, 4) is 11.8 Å². The van der Waals surface area contributed by atoms with Crippen LogP contribution < -0.4 is 0 Å². The highest BCUT2D eigenvalue weighted by molar-refractivity contribution is 6.00. The lowest BCUT2D eigenvalue weighted by atomic mass is 9.77. The number of nitriles is 1.